The molecule has 3 aromatic heterocycles. The number of fused-ring (bicyclic) bond motifs is 1. The second-order valence-corrected chi connectivity index (χ2v) is 5.75. The molecule has 0 N–H and O–H groups in total. The number of rotatable bonds is 2. The Kier molecular flexibility index (Phi) is 3.71. The fraction of sp³-hybridized carbons (Fsp3) is 0.176. The van der Waals surface area contributed by atoms with Crippen molar-refractivity contribution < 1.29 is 18.0 Å². The normalized spacial score (nSPS) is 14.4. The summed E-state index contributed by atoms with van der Waals surface area (Å²) in [5.74, 6) is -0.446. The zero-order valence-corrected chi connectivity index (χ0v) is 13.3. The Hall–Kier alpha value is -3.23. The molecule has 0 bridgehead atoms. The molecule has 9 heteroatoms. The zero-order chi connectivity index (χ0) is 18.3. The molecular formula is C17H12F3N5O. The van der Waals surface area contributed by atoms with Crippen LogP contribution in [0.3, 0.4) is 0 Å². The molecule has 4 heterocycles. The number of pyridine rings is 2. The summed E-state index contributed by atoms with van der Waals surface area (Å²) >= 11 is 0. The molecule has 0 fully saturated rings. The summed E-state index contributed by atoms with van der Waals surface area (Å²) in [5.41, 5.74) is 0.798. The maximum absolute atomic E-state index is 12.9. The van der Waals surface area contributed by atoms with Crippen molar-refractivity contribution in [3.05, 3.63) is 65.9 Å². The van der Waals surface area contributed by atoms with Gasteiger partial charge in [-0.05, 0) is 24.3 Å². The summed E-state index contributed by atoms with van der Waals surface area (Å²) in [7, 11) is 0. The van der Waals surface area contributed by atoms with Crippen LogP contribution in [-0.2, 0) is 12.6 Å². The van der Waals surface area contributed by atoms with Gasteiger partial charge in [-0.25, -0.2) is 9.67 Å². The van der Waals surface area contributed by atoms with E-state index >= 15 is 0 Å². The molecule has 0 saturated carbocycles. The summed E-state index contributed by atoms with van der Waals surface area (Å²) in [5, 5.41) is 4.39. The van der Waals surface area contributed by atoms with Gasteiger partial charge in [-0.15, -0.1) is 0 Å². The number of hydrogen-bond donors (Lipinski definition) is 0. The van der Waals surface area contributed by atoms with Crippen LogP contribution < -0.4 is 4.90 Å². The fourth-order valence-electron chi connectivity index (χ4n) is 2.82. The topological polar surface area (TPSA) is 63.9 Å². The third-order valence-corrected chi connectivity index (χ3v) is 4.10. The molecule has 0 spiro atoms. The summed E-state index contributed by atoms with van der Waals surface area (Å²) in [6.45, 7) is 0.212. The van der Waals surface area contributed by atoms with Gasteiger partial charge >= 0.3 is 6.18 Å². The minimum atomic E-state index is -4.49. The number of carbonyl (C=O) groups is 1. The number of carbonyl (C=O) groups excluding carboxylic acids is 1. The fourth-order valence-corrected chi connectivity index (χ4v) is 2.82. The third kappa shape index (κ3) is 2.81. The van der Waals surface area contributed by atoms with Crippen molar-refractivity contribution in [1.29, 1.82) is 0 Å². The van der Waals surface area contributed by atoms with Gasteiger partial charge in [0.2, 0.25) is 0 Å². The van der Waals surface area contributed by atoms with Crippen LogP contribution in [0.15, 0.2) is 49.1 Å². The lowest BCUT2D eigenvalue weighted by Crippen LogP contribution is -2.38. The van der Waals surface area contributed by atoms with Crippen LogP contribution in [0, 0.1) is 0 Å². The van der Waals surface area contributed by atoms with Crippen molar-refractivity contribution in [1.82, 2.24) is 19.7 Å². The van der Waals surface area contributed by atoms with Crippen LogP contribution in [0.2, 0.25) is 0 Å². The maximum atomic E-state index is 12.9. The molecule has 0 saturated heterocycles. The Morgan fingerprint density at radius 3 is 2.73 bits per heavy atom. The van der Waals surface area contributed by atoms with Gasteiger partial charge in [0.1, 0.15) is 5.82 Å². The maximum Gasteiger partial charge on any atom is 0.416 e. The molecule has 3 aromatic rings. The molecule has 26 heavy (non-hydrogen) atoms. The largest absolute Gasteiger partial charge is 0.416 e. The van der Waals surface area contributed by atoms with E-state index in [1.54, 1.807) is 35.4 Å². The van der Waals surface area contributed by atoms with Crippen molar-refractivity contribution in [3.63, 3.8) is 0 Å². The Morgan fingerprint density at radius 2 is 2.00 bits per heavy atom. The van der Waals surface area contributed by atoms with Gasteiger partial charge in [-0.2, -0.15) is 18.3 Å². The van der Waals surface area contributed by atoms with E-state index in [1.165, 1.54) is 4.90 Å². The molecule has 0 aliphatic carbocycles. The Balaban J connectivity index is 1.68. The second kappa shape index (κ2) is 5.94. The number of aromatic nitrogens is 4. The van der Waals surface area contributed by atoms with Crippen molar-refractivity contribution in [2.75, 3.05) is 11.4 Å². The highest BCUT2D eigenvalue weighted by Crippen LogP contribution is 2.32. The summed E-state index contributed by atoms with van der Waals surface area (Å²) in [6.07, 6.45) is 1.78. The van der Waals surface area contributed by atoms with Crippen molar-refractivity contribution >= 4 is 11.7 Å². The van der Waals surface area contributed by atoms with E-state index in [9.17, 15) is 18.0 Å². The van der Waals surface area contributed by atoms with Gasteiger partial charge in [0.25, 0.3) is 5.91 Å². The van der Waals surface area contributed by atoms with Gasteiger partial charge in [-0.1, -0.05) is 0 Å². The number of nitrogens with zero attached hydrogens (tertiary/aromatic N) is 5. The minimum Gasteiger partial charge on any atom is -0.292 e. The number of anilines is 1. The van der Waals surface area contributed by atoms with Crippen LogP contribution >= 0.6 is 0 Å². The lowest BCUT2D eigenvalue weighted by Gasteiger charge is -2.25. The summed E-state index contributed by atoms with van der Waals surface area (Å²) < 4.78 is 40.3. The van der Waals surface area contributed by atoms with E-state index in [0.717, 1.165) is 18.3 Å². The minimum absolute atomic E-state index is 0.0235. The van der Waals surface area contributed by atoms with Crippen LogP contribution in [0.5, 0.6) is 0 Å². The number of halogens is 3. The highest BCUT2D eigenvalue weighted by atomic mass is 19.4. The molecule has 1 aliphatic rings. The first kappa shape index (κ1) is 16.2. The second-order valence-electron chi connectivity index (χ2n) is 5.75. The molecular weight excluding hydrogens is 347 g/mol. The Labute approximate surface area is 145 Å². The molecule has 1 aliphatic heterocycles. The lowest BCUT2D eigenvalue weighted by atomic mass is 10.1. The number of hydrogen-bond acceptors (Lipinski definition) is 4. The highest BCUT2D eigenvalue weighted by Gasteiger charge is 2.33. The van der Waals surface area contributed by atoms with Gasteiger partial charge in [0.05, 0.1) is 28.7 Å². The molecule has 132 valence electrons. The molecule has 1 amide bonds. The van der Waals surface area contributed by atoms with Gasteiger partial charge < -0.3 is 0 Å². The summed E-state index contributed by atoms with van der Waals surface area (Å²) in [4.78, 5) is 21.9. The molecule has 4 rings (SSSR count). The smallest absolute Gasteiger partial charge is 0.292 e. The third-order valence-electron chi connectivity index (χ3n) is 4.10. The summed E-state index contributed by atoms with van der Waals surface area (Å²) in [6, 6.07) is 5.30. The first-order valence-corrected chi connectivity index (χ1v) is 7.77. The number of alkyl halides is 3. The van der Waals surface area contributed by atoms with Gasteiger partial charge in [0.15, 0.2) is 0 Å². The van der Waals surface area contributed by atoms with E-state index in [2.05, 4.69) is 15.1 Å². The van der Waals surface area contributed by atoms with E-state index in [4.69, 9.17) is 0 Å². The average molecular weight is 359 g/mol. The lowest BCUT2D eigenvalue weighted by molar-refractivity contribution is -0.137. The molecule has 0 radical (unpaired) electrons. The van der Waals surface area contributed by atoms with E-state index in [0.29, 0.717) is 23.4 Å². The first-order chi connectivity index (χ1) is 12.4. The SMILES string of the molecule is O=C1c2cn(-c3cccnc3)nc2CCN1c1cc(C(F)(F)F)ccn1. The van der Waals surface area contributed by atoms with Crippen molar-refractivity contribution in [2.24, 2.45) is 0 Å². The molecule has 6 nitrogen and oxygen atoms in total. The zero-order valence-electron chi connectivity index (χ0n) is 13.3. The van der Waals surface area contributed by atoms with E-state index in [-0.39, 0.29) is 12.4 Å². The first-order valence-electron chi connectivity index (χ1n) is 7.77. The van der Waals surface area contributed by atoms with E-state index in [1.807, 2.05) is 0 Å². The van der Waals surface area contributed by atoms with Crippen LogP contribution in [0.25, 0.3) is 5.69 Å². The predicted octanol–water partition coefficient (Wildman–Crippen LogP) is 2.88. The van der Waals surface area contributed by atoms with Crippen LogP contribution in [0.1, 0.15) is 21.6 Å². The standard InChI is InChI=1S/C17H12F3N5O/c18-17(19,20)11-3-6-22-15(8-11)24-7-4-14-13(16(24)26)10-25(23-14)12-2-1-5-21-9-12/h1-3,5-6,8-10H,4,7H2. The molecule has 0 atom stereocenters. The van der Waals surface area contributed by atoms with Gasteiger partial charge in [0, 0.05) is 31.6 Å². The van der Waals surface area contributed by atoms with Crippen LogP contribution in [-0.4, -0.2) is 32.2 Å². The Morgan fingerprint density at radius 1 is 1.15 bits per heavy atom. The van der Waals surface area contributed by atoms with Crippen LogP contribution in [0.4, 0.5) is 19.0 Å². The van der Waals surface area contributed by atoms with E-state index < -0.39 is 17.6 Å². The molecule has 0 aromatic carbocycles. The average Bonchev–Trinajstić information content (AvgIpc) is 3.07. The molecule has 0 unspecified atom stereocenters. The number of amides is 1. The highest BCUT2D eigenvalue weighted by molar-refractivity contribution is 6.07. The van der Waals surface area contributed by atoms with Crippen molar-refractivity contribution in [3.8, 4) is 5.69 Å². The predicted molar refractivity (Wildman–Crippen MR) is 86.0 cm³/mol. The Bertz CT molecular complexity index is 968. The monoisotopic (exact) mass is 359 g/mol. The van der Waals surface area contributed by atoms with Gasteiger partial charge in [-0.3, -0.25) is 14.7 Å². The quantitative estimate of drug-likeness (QED) is 0.706. The van der Waals surface area contributed by atoms with Crippen molar-refractivity contribution in [2.45, 2.75) is 12.6 Å².